The number of carboxylic acids is 1. The maximum absolute atomic E-state index is 11.7. The van der Waals surface area contributed by atoms with Gasteiger partial charge < -0.3 is 19.7 Å². The Balaban J connectivity index is 2.45. The Morgan fingerprint density at radius 1 is 1.35 bits per heavy atom. The minimum Gasteiger partial charge on any atom is -0.496 e. The van der Waals surface area contributed by atoms with E-state index >= 15 is 0 Å². The van der Waals surface area contributed by atoms with Crippen LogP contribution in [0.2, 0.25) is 0 Å². The van der Waals surface area contributed by atoms with E-state index in [9.17, 15) is 15.0 Å². The Bertz CT molecular complexity index is 574. The van der Waals surface area contributed by atoms with Crippen LogP contribution in [0.3, 0.4) is 0 Å². The van der Waals surface area contributed by atoms with Gasteiger partial charge in [-0.2, -0.15) is 0 Å². The van der Waals surface area contributed by atoms with Gasteiger partial charge in [-0.15, -0.1) is 0 Å². The van der Waals surface area contributed by atoms with Gasteiger partial charge in [0.25, 0.3) is 0 Å². The van der Waals surface area contributed by atoms with Gasteiger partial charge in [0, 0.05) is 24.2 Å². The van der Waals surface area contributed by atoms with E-state index in [1.165, 1.54) is 0 Å². The molecule has 0 amide bonds. The summed E-state index contributed by atoms with van der Waals surface area (Å²) in [7, 11) is 3.12. The lowest BCUT2D eigenvalue weighted by Crippen LogP contribution is -2.48. The van der Waals surface area contributed by atoms with Gasteiger partial charge in [-0.25, -0.2) is 0 Å². The first-order chi connectivity index (χ1) is 10.9. The molecule has 0 aliphatic carbocycles. The third kappa shape index (κ3) is 3.28. The highest BCUT2D eigenvalue weighted by Crippen LogP contribution is 2.40. The molecule has 1 aliphatic rings. The standard InChI is InChI=1S/C17H25NO5/c1-5-10(2)16(17(20)21)18-8-11-13(22-3)6-7-14(23-4)15(11)12(19)9-18/h6-7,10,12,16,19H,5,8-9H2,1-4H3,(H,20,21). The zero-order chi connectivity index (χ0) is 17.1. The number of aliphatic carboxylic acids is 1. The summed E-state index contributed by atoms with van der Waals surface area (Å²) in [6, 6.07) is 2.91. The minimum atomic E-state index is -0.864. The monoisotopic (exact) mass is 323 g/mol. The molecule has 128 valence electrons. The van der Waals surface area contributed by atoms with Crippen LogP contribution in [0.25, 0.3) is 0 Å². The molecule has 23 heavy (non-hydrogen) atoms. The highest BCUT2D eigenvalue weighted by Gasteiger charge is 2.37. The lowest BCUT2D eigenvalue weighted by molar-refractivity contribution is -0.146. The van der Waals surface area contributed by atoms with Crippen molar-refractivity contribution in [2.75, 3.05) is 20.8 Å². The van der Waals surface area contributed by atoms with Gasteiger partial charge in [-0.3, -0.25) is 9.69 Å². The van der Waals surface area contributed by atoms with E-state index < -0.39 is 18.1 Å². The second kappa shape index (κ2) is 7.19. The second-order valence-electron chi connectivity index (χ2n) is 5.98. The predicted molar refractivity (Wildman–Crippen MR) is 85.8 cm³/mol. The first-order valence-corrected chi connectivity index (χ1v) is 7.83. The van der Waals surface area contributed by atoms with Crippen LogP contribution in [0.1, 0.15) is 37.5 Å². The van der Waals surface area contributed by atoms with Crippen molar-refractivity contribution in [3.8, 4) is 11.5 Å². The summed E-state index contributed by atoms with van der Waals surface area (Å²) in [5.74, 6) is 0.357. The number of carboxylic acid groups (broad SMARTS) is 1. The van der Waals surface area contributed by atoms with Crippen molar-refractivity contribution in [3.63, 3.8) is 0 Å². The fourth-order valence-corrected chi connectivity index (χ4v) is 3.30. The normalized spacial score (nSPS) is 20.5. The summed E-state index contributed by atoms with van der Waals surface area (Å²) in [6.45, 7) is 4.56. The van der Waals surface area contributed by atoms with Gasteiger partial charge in [-0.1, -0.05) is 20.3 Å². The van der Waals surface area contributed by atoms with Crippen LogP contribution < -0.4 is 9.47 Å². The molecule has 1 aromatic carbocycles. The summed E-state index contributed by atoms with van der Waals surface area (Å²) in [6.07, 6.45) is -0.0548. The van der Waals surface area contributed by atoms with E-state index in [1.54, 1.807) is 26.4 Å². The van der Waals surface area contributed by atoms with E-state index in [4.69, 9.17) is 9.47 Å². The van der Waals surface area contributed by atoms with Crippen molar-refractivity contribution in [1.82, 2.24) is 4.90 Å². The Morgan fingerprint density at radius 2 is 1.96 bits per heavy atom. The molecule has 6 nitrogen and oxygen atoms in total. The second-order valence-corrected chi connectivity index (χ2v) is 5.98. The Labute approximate surface area is 136 Å². The topological polar surface area (TPSA) is 79.2 Å². The smallest absolute Gasteiger partial charge is 0.321 e. The van der Waals surface area contributed by atoms with Crippen molar-refractivity contribution in [3.05, 3.63) is 23.3 Å². The van der Waals surface area contributed by atoms with E-state index in [1.807, 2.05) is 18.7 Å². The van der Waals surface area contributed by atoms with Crippen molar-refractivity contribution >= 4 is 5.97 Å². The molecule has 2 N–H and O–H groups in total. The van der Waals surface area contributed by atoms with E-state index in [2.05, 4.69) is 0 Å². The molecule has 0 spiro atoms. The molecule has 1 aromatic rings. The molecule has 0 bridgehead atoms. The lowest BCUT2D eigenvalue weighted by Gasteiger charge is -2.39. The van der Waals surface area contributed by atoms with Crippen LogP contribution in [-0.2, 0) is 11.3 Å². The number of β-amino-alcohol motifs (C(OH)–C–C–N with tert-alkyl or cyclic N) is 1. The largest absolute Gasteiger partial charge is 0.496 e. The van der Waals surface area contributed by atoms with Crippen LogP contribution in [0, 0.1) is 5.92 Å². The van der Waals surface area contributed by atoms with Crippen molar-refractivity contribution in [2.24, 2.45) is 5.92 Å². The number of fused-ring (bicyclic) bond motifs is 1. The number of aliphatic hydroxyl groups is 1. The Kier molecular flexibility index (Phi) is 5.49. The minimum absolute atomic E-state index is 0.0159. The number of benzene rings is 1. The van der Waals surface area contributed by atoms with E-state index in [0.29, 0.717) is 23.6 Å². The fourth-order valence-electron chi connectivity index (χ4n) is 3.30. The molecular formula is C17H25NO5. The number of ether oxygens (including phenoxy) is 2. The molecule has 0 saturated carbocycles. The van der Waals surface area contributed by atoms with E-state index in [0.717, 1.165) is 12.0 Å². The summed E-state index contributed by atoms with van der Waals surface area (Å²) < 4.78 is 10.7. The molecule has 0 radical (unpaired) electrons. The highest BCUT2D eigenvalue weighted by molar-refractivity contribution is 5.74. The number of hydrogen-bond acceptors (Lipinski definition) is 5. The molecule has 3 atom stereocenters. The summed E-state index contributed by atoms with van der Waals surface area (Å²) in [5, 5.41) is 20.2. The van der Waals surface area contributed by atoms with Gasteiger partial charge in [0.2, 0.25) is 0 Å². The van der Waals surface area contributed by atoms with Crippen LogP contribution in [-0.4, -0.2) is 47.9 Å². The maximum Gasteiger partial charge on any atom is 0.321 e. The highest BCUT2D eigenvalue weighted by atomic mass is 16.5. The van der Waals surface area contributed by atoms with Crippen LogP contribution in [0.4, 0.5) is 0 Å². The third-order valence-electron chi connectivity index (χ3n) is 4.65. The van der Waals surface area contributed by atoms with Crippen molar-refractivity contribution in [2.45, 2.75) is 39.0 Å². The Morgan fingerprint density at radius 3 is 2.48 bits per heavy atom. The number of aliphatic hydroxyl groups excluding tert-OH is 1. The van der Waals surface area contributed by atoms with Gasteiger partial charge >= 0.3 is 5.97 Å². The average molecular weight is 323 g/mol. The maximum atomic E-state index is 11.7. The quantitative estimate of drug-likeness (QED) is 0.834. The number of methoxy groups -OCH3 is 2. The molecule has 0 fully saturated rings. The fraction of sp³-hybridized carbons (Fsp3) is 0.588. The van der Waals surface area contributed by atoms with E-state index in [-0.39, 0.29) is 12.5 Å². The van der Waals surface area contributed by atoms with Gasteiger partial charge in [-0.05, 0) is 18.1 Å². The zero-order valence-electron chi connectivity index (χ0n) is 14.1. The molecular weight excluding hydrogens is 298 g/mol. The van der Waals surface area contributed by atoms with Crippen LogP contribution in [0.15, 0.2) is 12.1 Å². The SMILES string of the molecule is CCC(C)C(C(=O)O)N1Cc2c(OC)ccc(OC)c2C(O)C1. The third-order valence-corrected chi connectivity index (χ3v) is 4.65. The summed E-state index contributed by atoms with van der Waals surface area (Å²) >= 11 is 0. The number of nitrogens with zero attached hydrogens (tertiary/aromatic N) is 1. The molecule has 0 saturated heterocycles. The zero-order valence-corrected chi connectivity index (χ0v) is 14.1. The molecule has 1 heterocycles. The number of carbonyl (C=O) groups is 1. The van der Waals surface area contributed by atoms with Gasteiger partial charge in [0.05, 0.1) is 20.3 Å². The van der Waals surface area contributed by atoms with Gasteiger partial charge in [0.1, 0.15) is 17.5 Å². The first kappa shape index (κ1) is 17.6. The lowest BCUT2D eigenvalue weighted by atomic mass is 9.90. The summed E-state index contributed by atoms with van der Waals surface area (Å²) in [5.41, 5.74) is 1.48. The van der Waals surface area contributed by atoms with Crippen molar-refractivity contribution in [1.29, 1.82) is 0 Å². The molecule has 3 unspecified atom stereocenters. The average Bonchev–Trinajstić information content (AvgIpc) is 2.53. The van der Waals surface area contributed by atoms with Crippen LogP contribution >= 0.6 is 0 Å². The Hall–Kier alpha value is -1.79. The first-order valence-electron chi connectivity index (χ1n) is 7.83. The molecule has 6 heteroatoms. The van der Waals surface area contributed by atoms with Crippen LogP contribution in [0.5, 0.6) is 11.5 Å². The summed E-state index contributed by atoms with van der Waals surface area (Å²) in [4.78, 5) is 13.5. The molecule has 0 aromatic heterocycles. The number of hydrogen-bond donors (Lipinski definition) is 2. The predicted octanol–water partition coefficient (Wildman–Crippen LogP) is 2.05. The number of rotatable bonds is 6. The molecule has 1 aliphatic heterocycles. The molecule has 2 rings (SSSR count). The van der Waals surface area contributed by atoms with Crippen molar-refractivity contribution < 1.29 is 24.5 Å². The van der Waals surface area contributed by atoms with Gasteiger partial charge in [0.15, 0.2) is 0 Å².